The van der Waals surface area contributed by atoms with Crippen LogP contribution in [0.15, 0.2) is 24.5 Å². The molecule has 11 heteroatoms. The molecule has 2 aliphatic rings. The van der Waals surface area contributed by atoms with Crippen molar-refractivity contribution >= 4 is 40.2 Å². The van der Waals surface area contributed by atoms with Crippen molar-refractivity contribution < 1.29 is 9.90 Å². The summed E-state index contributed by atoms with van der Waals surface area (Å²) in [7, 11) is 0. The second-order valence-corrected chi connectivity index (χ2v) is 10.3. The number of nitrogens with one attached hydrogen (secondary N) is 1. The lowest BCUT2D eigenvalue weighted by atomic mass is 9.94. The average Bonchev–Trinajstić information content (AvgIpc) is 3.49. The van der Waals surface area contributed by atoms with Crippen LogP contribution < -0.4 is 20.9 Å². The summed E-state index contributed by atoms with van der Waals surface area (Å²) in [5.74, 6) is 2.40. The molecule has 1 amide bonds. The van der Waals surface area contributed by atoms with Crippen molar-refractivity contribution in [3.05, 3.63) is 24.5 Å². The number of aliphatic hydroxyl groups is 1. The van der Waals surface area contributed by atoms with Crippen molar-refractivity contribution in [3.63, 3.8) is 0 Å². The molecule has 5 heterocycles. The number of hydrogen-bond donors (Lipinski definition) is 3. The molecule has 36 heavy (non-hydrogen) atoms. The number of primary amides is 1. The number of carbonyl (C=O) groups excluding carboxylic acids is 1. The van der Waals surface area contributed by atoms with Gasteiger partial charge in [-0.3, -0.25) is 9.48 Å². The van der Waals surface area contributed by atoms with E-state index < -0.39 is 5.60 Å². The van der Waals surface area contributed by atoms with E-state index in [0.29, 0.717) is 50.1 Å². The van der Waals surface area contributed by atoms with Crippen LogP contribution in [-0.2, 0) is 4.79 Å². The normalized spacial score (nSPS) is 20.6. The lowest BCUT2D eigenvalue weighted by Crippen LogP contribution is -2.43. The number of piperidine rings is 1. The van der Waals surface area contributed by atoms with Gasteiger partial charge in [0.1, 0.15) is 11.6 Å². The van der Waals surface area contributed by atoms with E-state index in [0.717, 1.165) is 36.1 Å². The number of amides is 1. The predicted molar refractivity (Wildman–Crippen MR) is 139 cm³/mol. The summed E-state index contributed by atoms with van der Waals surface area (Å²) in [5.41, 5.74) is 5.91. The molecule has 11 nitrogen and oxygen atoms in total. The highest BCUT2D eigenvalue weighted by Gasteiger charge is 2.31. The van der Waals surface area contributed by atoms with Gasteiger partial charge in [0, 0.05) is 50.7 Å². The van der Waals surface area contributed by atoms with E-state index in [-0.39, 0.29) is 17.9 Å². The Hall–Kier alpha value is -3.47. The Labute approximate surface area is 210 Å². The molecule has 0 bridgehead atoms. The number of nitrogens with zero attached hydrogens (tertiary/aromatic N) is 7. The highest BCUT2D eigenvalue weighted by molar-refractivity contribution is 5.92. The Morgan fingerprint density at radius 3 is 2.72 bits per heavy atom. The minimum atomic E-state index is -0.626. The van der Waals surface area contributed by atoms with Crippen LogP contribution in [0, 0.1) is 5.92 Å². The van der Waals surface area contributed by atoms with Gasteiger partial charge in [0.05, 0.1) is 22.4 Å². The van der Waals surface area contributed by atoms with Crippen LogP contribution >= 0.6 is 0 Å². The number of rotatable bonds is 7. The van der Waals surface area contributed by atoms with Crippen molar-refractivity contribution in [2.75, 3.05) is 41.3 Å². The van der Waals surface area contributed by atoms with Gasteiger partial charge in [-0.05, 0) is 45.6 Å². The monoisotopic (exact) mass is 493 g/mol. The second kappa shape index (κ2) is 9.53. The maximum absolute atomic E-state index is 11.7. The van der Waals surface area contributed by atoms with Crippen molar-refractivity contribution in [3.8, 4) is 0 Å². The summed E-state index contributed by atoms with van der Waals surface area (Å²) in [4.78, 5) is 29.7. The van der Waals surface area contributed by atoms with Gasteiger partial charge in [0.25, 0.3) is 0 Å². The van der Waals surface area contributed by atoms with Gasteiger partial charge < -0.3 is 26.0 Å². The van der Waals surface area contributed by atoms with E-state index in [1.807, 2.05) is 29.9 Å². The Morgan fingerprint density at radius 1 is 1.25 bits per heavy atom. The van der Waals surface area contributed by atoms with Crippen molar-refractivity contribution in [1.82, 2.24) is 24.7 Å². The van der Waals surface area contributed by atoms with Crippen LogP contribution in [0.2, 0.25) is 0 Å². The zero-order chi connectivity index (χ0) is 25.4. The van der Waals surface area contributed by atoms with Crippen molar-refractivity contribution in [2.24, 2.45) is 11.7 Å². The van der Waals surface area contributed by atoms with Crippen LogP contribution in [0.1, 0.15) is 52.5 Å². The van der Waals surface area contributed by atoms with E-state index >= 15 is 0 Å². The number of hydrogen-bond acceptors (Lipinski definition) is 9. The minimum absolute atomic E-state index is 0.152. The molecule has 0 aromatic carbocycles. The van der Waals surface area contributed by atoms with Gasteiger partial charge in [-0.25, -0.2) is 9.97 Å². The lowest BCUT2D eigenvalue weighted by molar-refractivity contribution is -0.121. The Bertz CT molecular complexity index is 1250. The first-order valence-corrected chi connectivity index (χ1v) is 12.7. The third-order valence-electron chi connectivity index (χ3n) is 7.49. The van der Waals surface area contributed by atoms with Gasteiger partial charge in [0.15, 0.2) is 5.82 Å². The number of carbonyl (C=O) groups is 1. The summed E-state index contributed by atoms with van der Waals surface area (Å²) in [6.45, 7) is 8.91. The van der Waals surface area contributed by atoms with Crippen molar-refractivity contribution in [1.29, 1.82) is 0 Å². The Balaban J connectivity index is 1.41. The maximum atomic E-state index is 11.7. The van der Waals surface area contributed by atoms with E-state index in [1.54, 1.807) is 6.20 Å². The highest BCUT2D eigenvalue weighted by Crippen LogP contribution is 2.33. The highest BCUT2D eigenvalue weighted by atomic mass is 16.3. The zero-order valence-corrected chi connectivity index (χ0v) is 21.2. The summed E-state index contributed by atoms with van der Waals surface area (Å²) >= 11 is 0. The molecule has 5 rings (SSSR count). The molecule has 1 unspecified atom stereocenters. The number of fused-ring (bicyclic) bond motifs is 1. The van der Waals surface area contributed by atoms with Crippen LogP contribution in [0.3, 0.4) is 0 Å². The zero-order valence-electron chi connectivity index (χ0n) is 21.2. The predicted octanol–water partition coefficient (Wildman–Crippen LogP) is 2.60. The average molecular weight is 494 g/mol. The molecule has 4 N–H and O–H groups in total. The smallest absolute Gasteiger partial charge is 0.227 e. The molecule has 0 spiro atoms. The third kappa shape index (κ3) is 4.79. The summed E-state index contributed by atoms with van der Waals surface area (Å²) in [6, 6.07) is 4.02. The maximum Gasteiger partial charge on any atom is 0.227 e. The number of anilines is 4. The Morgan fingerprint density at radius 2 is 2.03 bits per heavy atom. The fraction of sp³-hybridized carbons (Fsp3) is 0.560. The summed E-state index contributed by atoms with van der Waals surface area (Å²) in [5, 5.41) is 19.5. The molecule has 2 saturated heterocycles. The number of nitrogens with two attached hydrogens (primary N) is 1. The molecule has 2 aliphatic heterocycles. The van der Waals surface area contributed by atoms with Gasteiger partial charge >= 0.3 is 0 Å². The van der Waals surface area contributed by atoms with Crippen LogP contribution in [0.5, 0.6) is 0 Å². The molecule has 192 valence electrons. The SMILES string of the molecule is CCC(C)n1nc(N2CC[C@@H](C(N)=O)C2)c2cnc(Nc3ccnc(N4CCC(C)(O)CC4)n3)cc21. The topological polar surface area (TPSA) is 138 Å². The van der Waals surface area contributed by atoms with Gasteiger partial charge in [-0.15, -0.1) is 0 Å². The molecule has 0 saturated carbocycles. The quantitative estimate of drug-likeness (QED) is 0.453. The first-order chi connectivity index (χ1) is 17.2. The van der Waals surface area contributed by atoms with E-state index in [2.05, 4.69) is 38.9 Å². The standard InChI is InChI=1S/C25H35N9O2/c1-4-16(2)34-19-13-21(28-14-18(19)23(31-34)33-10-6-17(15-33)22(26)35)29-20-5-9-27-24(30-20)32-11-7-25(3,36)8-12-32/h5,9,13-14,16-17,36H,4,6-8,10-12,15H2,1-3H3,(H2,26,35)(H,27,28,29,30)/t16?,17-/m1/s1. The fourth-order valence-electron chi connectivity index (χ4n) is 4.90. The first-order valence-electron chi connectivity index (χ1n) is 12.7. The molecular weight excluding hydrogens is 458 g/mol. The van der Waals surface area contributed by atoms with Crippen LogP contribution in [-0.4, -0.2) is 67.5 Å². The van der Waals surface area contributed by atoms with Gasteiger partial charge in [0.2, 0.25) is 11.9 Å². The van der Waals surface area contributed by atoms with E-state index in [9.17, 15) is 9.90 Å². The molecule has 2 atom stereocenters. The van der Waals surface area contributed by atoms with Gasteiger partial charge in [-0.2, -0.15) is 10.1 Å². The Kier molecular flexibility index (Phi) is 6.42. The van der Waals surface area contributed by atoms with Crippen LogP contribution in [0.25, 0.3) is 10.9 Å². The van der Waals surface area contributed by atoms with Crippen LogP contribution in [0.4, 0.5) is 23.4 Å². The van der Waals surface area contributed by atoms with E-state index in [4.69, 9.17) is 15.8 Å². The van der Waals surface area contributed by atoms with Gasteiger partial charge in [-0.1, -0.05) is 6.92 Å². The second-order valence-electron chi connectivity index (χ2n) is 10.3. The summed E-state index contributed by atoms with van der Waals surface area (Å²) < 4.78 is 2.04. The lowest BCUT2D eigenvalue weighted by Gasteiger charge is -2.35. The largest absolute Gasteiger partial charge is 0.390 e. The molecule has 3 aromatic rings. The number of aromatic nitrogens is 5. The fourth-order valence-corrected chi connectivity index (χ4v) is 4.90. The first kappa shape index (κ1) is 24.2. The molecule has 0 aliphatic carbocycles. The molecule has 2 fully saturated rings. The van der Waals surface area contributed by atoms with Crippen molar-refractivity contribution in [2.45, 2.75) is 58.1 Å². The molecular formula is C25H35N9O2. The summed E-state index contributed by atoms with van der Waals surface area (Å²) in [6.07, 6.45) is 6.62. The van der Waals surface area contributed by atoms with E-state index in [1.165, 1.54) is 0 Å². The molecule has 3 aromatic heterocycles. The molecule has 0 radical (unpaired) electrons. The minimum Gasteiger partial charge on any atom is -0.390 e. The number of pyridine rings is 1. The third-order valence-corrected chi connectivity index (χ3v) is 7.49.